The van der Waals surface area contributed by atoms with Crippen LogP contribution in [0.3, 0.4) is 0 Å². The Labute approximate surface area is 137 Å². The molecule has 118 valence electrons. The number of imidazole rings is 1. The number of piperidine rings is 1. The van der Waals surface area contributed by atoms with Crippen LogP contribution >= 0.6 is 15.9 Å². The maximum absolute atomic E-state index is 13.9. The molecule has 3 rings (SSSR count). The van der Waals surface area contributed by atoms with Gasteiger partial charge >= 0.3 is 0 Å². The van der Waals surface area contributed by atoms with E-state index in [-0.39, 0.29) is 11.9 Å². The van der Waals surface area contributed by atoms with E-state index in [1.54, 1.807) is 12.5 Å². The Kier molecular flexibility index (Phi) is 5.23. The predicted octanol–water partition coefficient (Wildman–Crippen LogP) is 3.49. The topological polar surface area (TPSA) is 41.1 Å². The predicted molar refractivity (Wildman–Crippen MR) is 85.8 cm³/mol. The number of aromatic amines is 1. The van der Waals surface area contributed by atoms with Gasteiger partial charge in [0.05, 0.1) is 30.9 Å². The van der Waals surface area contributed by atoms with Gasteiger partial charge in [-0.2, -0.15) is 0 Å². The lowest BCUT2D eigenvalue weighted by atomic mass is 10.1. The monoisotopic (exact) mass is 367 g/mol. The van der Waals surface area contributed by atoms with Crippen molar-refractivity contribution in [2.75, 3.05) is 13.1 Å². The first kappa shape index (κ1) is 15.6. The average Bonchev–Trinajstić information content (AvgIpc) is 3.03. The second kappa shape index (κ2) is 7.35. The second-order valence-electron chi connectivity index (χ2n) is 5.60. The molecule has 0 unspecified atom stereocenters. The number of hydrogen-bond donors (Lipinski definition) is 1. The zero-order chi connectivity index (χ0) is 15.4. The van der Waals surface area contributed by atoms with Crippen molar-refractivity contribution in [3.05, 3.63) is 52.3 Å². The summed E-state index contributed by atoms with van der Waals surface area (Å²) in [5.74, 6) is -0.146. The summed E-state index contributed by atoms with van der Waals surface area (Å²) in [7, 11) is 0. The summed E-state index contributed by atoms with van der Waals surface area (Å²) in [6, 6.07) is 5.26. The minimum Gasteiger partial charge on any atom is -0.372 e. The summed E-state index contributed by atoms with van der Waals surface area (Å²) in [4.78, 5) is 9.29. The number of hydrogen-bond acceptors (Lipinski definition) is 3. The molecule has 0 saturated carbocycles. The number of likely N-dealkylation sites (tertiary alicyclic amines) is 1. The Morgan fingerprint density at radius 1 is 1.36 bits per heavy atom. The van der Waals surface area contributed by atoms with Gasteiger partial charge in [-0.05, 0) is 25.0 Å². The Hall–Kier alpha value is -1.24. The summed E-state index contributed by atoms with van der Waals surface area (Å²) in [6.07, 6.45) is 5.67. The largest absolute Gasteiger partial charge is 0.372 e. The molecule has 1 aromatic heterocycles. The zero-order valence-corrected chi connectivity index (χ0v) is 13.9. The Morgan fingerprint density at radius 2 is 2.18 bits per heavy atom. The molecule has 1 saturated heterocycles. The molecule has 0 radical (unpaired) electrons. The van der Waals surface area contributed by atoms with E-state index in [1.807, 2.05) is 12.1 Å². The number of H-pyrrole nitrogens is 1. The van der Waals surface area contributed by atoms with Crippen LogP contribution in [0.1, 0.15) is 24.1 Å². The van der Waals surface area contributed by atoms with Crippen LogP contribution in [0.15, 0.2) is 35.2 Å². The number of nitrogens with zero attached hydrogens (tertiary/aromatic N) is 2. The van der Waals surface area contributed by atoms with Crippen molar-refractivity contribution in [3.8, 4) is 0 Å². The molecule has 0 atom stereocenters. The van der Waals surface area contributed by atoms with E-state index >= 15 is 0 Å². The van der Waals surface area contributed by atoms with Crippen molar-refractivity contribution in [1.29, 1.82) is 0 Å². The standard InChI is InChI=1S/C16H19BrFN3O/c17-13-2-1-12(16(18)7-13)9-21-5-3-15(4-6-21)22-10-14-8-19-11-20-14/h1-2,7-8,11,15H,3-6,9-10H2,(H,19,20). The van der Waals surface area contributed by atoms with Crippen LogP contribution in [0, 0.1) is 5.82 Å². The molecule has 0 amide bonds. The SMILES string of the molecule is Fc1cc(Br)ccc1CN1CCC(OCc2cnc[nH]2)CC1. The summed E-state index contributed by atoms with van der Waals surface area (Å²) in [5.41, 5.74) is 1.75. The third kappa shape index (κ3) is 4.15. The molecule has 2 heterocycles. The molecular weight excluding hydrogens is 349 g/mol. The maximum atomic E-state index is 13.9. The van der Waals surface area contributed by atoms with Crippen LogP contribution in [-0.4, -0.2) is 34.1 Å². The van der Waals surface area contributed by atoms with Crippen LogP contribution in [0.4, 0.5) is 4.39 Å². The molecule has 1 fully saturated rings. The molecule has 1 aromatic carbocycles. The summed E-state index contributed by atoms with van der Waals surface area (Å²) < 4.78 is 20.5. The molecule has 2 aromatic rings. The quantitative estimate of drug-likeness (QED) is 0.879. The first-order valence-electron chi connectivity index (χ1n) is 7.46. The Morgan fingerprint density at radius 3 is 2.86 bits per heavy atom. The number of halogens is 2. The van der Waals surface area contributed by atoms with E-state index in [0.29, 0.717) is 13.2 Å². The maximum Gasteiger partial charge on any atom is 0.128 e. The van der Waals surface area contributed by atoms with Crippen molar-refractivity contribution in [3.63, 3.8) is 0 Å². The van der Waals surface area contributed by atoms with Gasteiger partial charge in [0.15, 0.2) is 0 Å². The summed E-state index contributed by atoms with van der Waals surface area (Å²) >= 11 is 3.29. The van der Waals surface area contributed by atoms with Gasteiger partial charge in [0.2, 0.25) is 0 Å². The van der Waals surface area contributed by atoms with Crippen LogP contribution in [0.5, 0.6) is 0 Å². The third-order valence-corrected chi connectivity index (χ3v) is 4.47. The molecule has 0 bridgehead atoms. The van der Waals surface area contributed by atoms with Gasteiger partial charge in [-0.25, -0.2) is 9.37 Å². The van der Waals surface area contributed by atoms with Crippen molar-refractivity contribution < 1.29 is 9.13 Å². The number of nitrogens with one attached hydrogen (secondary N) is 1. The van der Waals surface area contributed by atoms with E-state index in [4.69, 9.17) is 4.74 Å². The van der Waals surface area contributed by atoms with Crippen molar-refractivity contribution in [1.82, 2.24) is 14.9 Å². The molecule has 0 aliphatic carbocycles. The molecule has 1 aliphatic rings. The van der Waals surface area contributed by atoms with E-state index in [2.05, 4.69) is 30.8 Å². The molecule has 6 heteroatoms. The first-order valence-corrected chi connectivity index (χ1v) is 8.25. The number of aromatic nitrogens is 2. The average molecular weight is 368 g/mol. The minimum atomic E-state index is -0.146. The molecule has 4 nitrogen and oxygen atoms in total. The van der Waals surface area contributed by atoms with E-state index in [1.165, 1.54) is 6.07 Å². The van der Waals surface area contributed by atoms with Crippen molar-refractivity contribution in [2.45, 2.75) is 32.1 Å². The van der Waals surface area contributed by atoms with Gasteiger partial charge in [-0.3, -0.25) is 4.90 Å². The van der Waals surface area contributed by atoms with Crippen LogP contribution < -0.4 is 0 Å². The van der Waals surface area contributed by atoms with Crippen LogP contribution in [0.25, 0.3) is 0 Å². The minimum absolute atomic E-state index is 0.146. The zero-order valence-electron chi connectivity index (χ0n) is 12.3. The van der Waals surface area contributed by atoms with Gasteiger partial charge in [0, 0.05) is 29.7 Å². The summed E-state index contributed by atoms with van der Waals surface area (Å²) in [5, 5.41) is 0. The highest BCUT2D eigenvalue weighted by molar-refractivity contribution is 9.10. The highest BCUT2D eigenvalue weighted by atomic mass is 79.9. The van der Waals surface area contributed by atoms with Crippen molar-refractivity contribution >= 4 is 15.9 Å². The van der Waals surface area contributed by atoms with Crippen LogP contribution in [0.2, 0.25) is 0 Å². The molecule has 1 N–H and O–H groups in total. The highest BCUT2D eigenvalue weighted by Crippen LogP contribution is 2.20. The molecule has 0 spiro atoms. The lowest BCUT2D eigenvalue weighted by Crippen LogP contribution is -2.36. The van der Waals surface area contributed by atoms with Gasteiger partial charge < -0.3 is 9.72 Å². The summed E-state index contributed by atoms with van der Waals surface area (Å²) in [6.45, 7) is 3.10. The fourth-order valence-corrected chi connectivity index (χ4v) is 3.03. The number of rotatable bonds is 5. The fourth-order valence-electron chi connectivity index (χ4n) is 2.70. The van der Waals surface area contributed by atoms with E-state index in [0.717, 1.165) is 41.7 Å². The third-order valence-electron chi connectivity index (χ3n) is 3.97. The number of benzene rings is 1. The molecule has 22 heavy (non-hydrogen) atoms. The van der Waals surface area contributed by atoms with Gasteiger partial charge in [-0.1, -0.05) is 22.0 Å². The normalized spacial score (nSPS) is 17.0. The lowest BCUT2D eigenvalue weighted by molar-refractivity contribution is -0.00526. The van der Waals surface area contributed by atoms with Gasteiger partial charge in [-0.15, -0.1) is 0 Å². The Balaban J connectivity index is 1.45. The van der Waals surface area contributed by atoms with Crippen LogP contribution in [-0.2, 0) is 17.9 Å². The van der Waals surface area contributed by atoms with E-state index < -0.39 is 0 Å². The van der Waals surface area contributed by atoms with Gasteiger partial charge in [0.25, 0.3) is 0 Å². The van der Waals surface area contributed by atoms with E-state index in [9.17, 15) is 4.39 Å². The molecular formula is C16H19BrFN3O. The Bertz CT molecular complexity index is 597. The first-order chi connectivity index (χ1) is 10.7. The number of ether oxygens (including phenoxy) is 1. The van der Waals surface area contributed by atoms with Gasteiger partial charge in [0.1, 0.15) is 5.82 Å². The second-order valence-corrected chi connectivity index (χ2v) is 6.51. The van der Waals surface area contributed by atoms with Crippen molar-refractivity contribution in [2.24, 2.45) is 0 Å². The smallest absolute Gasteiger partial charge is 0.128 e. The lowest BCUT2D eigenvalue weighted by Gasteiger charge is -2.31. The molecule has 1 aliphatic heterocycles. The highest BCUT2D eigenvalue weighted by Gasteiger charge is 2.20. The fraction of sp³-hybridized carbons (Fsp3) is 0.438.